The van der Waals surface area contributed by atoms with Gasteiger partial charge in [-0.3, -0.25) is 4.79 Å². The molecular weight excluding hydrogens is 204 g/mol. The molecule has 0 radical (unpaired) electrons. The van der Waals surface area contributed by atoms with Crippen LogP contribution in [0.25, 0.3) is 0 Å². The number of hydrogen-bond donors (Lipinski definition) is 1. The van der Waals surface area contributed by atoms with Crippen molar-refractivity contribution in [2.75, 3.05) is 20.3 Å². The summed E-state index contributed by atoms with van der Waals surface area (Å²) in [5, 5.41) is 0. The Morgan fingerprint density at radius 2 is 1.88 bits per heavy atom. The third-order valence-corrected chi connectivity index (χ3v) is 3.11. The van der Waals surface area contributed by atoms with Crippen molar-refractivity contribution in [2.24, 2.45) is 5.73 Å². The number of ether oxygens (including phenoxy) is 1. The predicted octanol–water partition coefficient (Wildman–Crippen LogP) is 1.39. The largest absolute Gasteiger partial charge is 0.383 e. The number of hydrogen-bond acceptors (Lipinski definition) is 3. The van der Waals surface area contributed by atoms with E-state index < -0.39 is 5.54 Å². The van der Waals surface area contributed by atoms with E-state index in [0.717, 1.165) is 0 Å². The summed E-state index contributed by atoms with van der Waals surface area (Å²) >= 11 is 0. The Morgan fingerprint density at radius 1 is 1.38 bits per heavy atom. The quantitative estimate of drug-likeness (QED) is 0.719. The Bertz CT molecular complexity index is 213. The average Bonchev–Trinajstić information content (AvgIpc) is 2.27. The molecule has 0 aromatic heterocycles. The molecule has 2 N–H and O–H groups in total. The lowest BCUT2D eigenvalue weighted by atomic mass is 9.92. The summed E-state index contributed by atoms with van der Waals surface area (Å²) < 4.78 is 5.02. The molecule has 4 heteroatoms. The van der Waals surface area contributed by atoms with Crippen LogP contribution in [0.15, 0.2) is 0 Å². The van der Waals surface area contributed by atoms with Gasteiger partial charge in [-0.2, -0.15) is 0 Å². The topological polar surface area (TPSA) is 55.6 Å². The standard InChI is InChI=1S/C12H26N2O2/c1-6-12(13,7-2)11(15)14(10(3)4)8-9-16-5/h10H,6-9,13H2,1-5H3. The van der Waals surface area contributed by atoms with Gasteiger partial charge in [-0.15, -0.1) is 0 Å². The number of amides is 1. The lowest BCUT2D eigenvalue weighted by Crippen LogP contribution is -2.57. The predicted molar refractivity (Wildman–Crippen MR) is 66.2 cm³/mol. The number of carbonyl (C=O) groups is 1. The van der Waals surface area contributed by atoms with E-state index in [2.05, 4.69) is 0 Å². The van der Waals surface area contributed by atoms with E-state index in [-0.39, 0.29) is 11.9 Å². The monoisotopic (exact) mass is 230 g/mol. The normalized spacial score (nSPS) is 11.9. The second kappa shape index (κ2) is 6.86. The molecule has 0 aliphatic rings. The van der Waals surface area contributed by atoms with Gasteiger partial charge in [0.25, 0.3) is 0 Å². The molecule has 0 spiro atoms. The molecule has 0 unspecified atom stereocenters. The molecule has 0 aromatic carbocycles. The molecule has 96 valence electrons. The van der Waals surface area contributed by atoms with Crippen LogP contribution >= 0.6 is 0 Å². The average molecular weight is 230 g/mol. The molecule has 0 heterocycles. The van der Waals surface area contributed by atoms with Crippen molar-refractivity contribution in [1.82, 2.24) is 4.90 Å². The number of rotatable bonds is 7. The van der Waals surface area contributed by atoms with Crippen molar-refractivity contribution in [2.45, 2.75) is 52.1 Å². The molecule has 16 heavy (non-hydrogen) atoms. The minimum atomic E-state index is -0.724. The Hall–Kier alpha value is -0.610. The highest BCUT2D eigenvalue weighted by atomic mass is 16.5. The summed E-state index contributed by atoms with van der Waals surface area (Å²) in [7, 11) is 1.64. The van der Waals surface area contributed by atoms with Gasteiger partial charge >= 0.3 is 0 Å². The van der Waals surface area contributed by atoms with Crippen LogP contribution in [-0.2, 0) is 9.53 Å². The highest BCUT2D eigenvalue weighted by molar-refractivity contribution is 5.86. The smallest absolute Gasteiger partial charge is 0.242 e. The Labute approximate surface area is 99.1 Å². The van der Waals surface area contributed by atoms with E-state index in [4.69, 9.17) is 10.5 Å². The van der Waals surface area contributed by atoms with Crippen LogP contribution in [0.1, 0.15) is 40.5 Å². The summed E-state index contributed by atoms with van der Waals surface area (Å²) in [6, 6.07) is 0.156. The Kier molecular flexibility index (Phi) is 6.60. The SMILES string of the molecule is CCC(N)(CC)C(=O)N(CCOC)C(C)C. The van der Waals surface area contributed by atoms with Crippen LogP contribution < -0.4 is 5.73 Å². The maximum Gasteiger partial charge on any atom is 0.242 e. The fourth-order valence-corrected chi connectivity index (χ4v) is 1.62. The first-order valence-corrected chi connectivity index (χ1v) is 6.01. The Morgan fingerprint density at radius 3 is 2.19 bits per heavy atom. The van der Waals surface area contributed by atoms with Crippen LogP contribution in [0, 0.1) is 0 Å². The number of nitrogens with zero attached hydrogens (tertiary/aromatic N) is 1. The van der Waals surface area contributed by atoms with Gasteiger partial charge < -0.3 is 15.4 Å². The fourth-order valence-electron chi connectivity index (χ4n) is 1.62. The van der Waals surface area contributed by atoms with Gasteiger partial charge in [-0.1, -0.05) is 13.8 Å². The minimum Gasteiger partial charge on any atom is -0.383 e. The molecule has 0 atom stereocenters. The molecule has 0 fully saturated rings. The first-order chi connectivity index (χ1) is 7.42. The molecule has 1 amide bonds. The van der Waals surface area contributed by atoms with Crippen LogP contribution in [0.3, 0.4) is 0 Å². The lowest BCUT2D eigenvalue weighted by molar-refractivity contribution is -0.139. The van der Waals surface area contributed by atoms with Crippen LogP contribution in [0.4, 0.5) is 0 Å². The molecule has 0 aromatic rings. The molecular formula is C12H26N2O2. The third kappa shape index (κ3) is 3.76. The van der Waals surface area contributed by atoms with Gasteiger partial charge in [-0.25, -0.2) is 0 Å². The van der Waals surface area contributed by atoms with Crippen LogP contribution in [0.5, 0.6) is 0 Å². The lowest BCUT2D eigenvalue weighted by Gasteiger charge is -2.35. The zero-order chi connectivity index (χ0) is 12.8. The minimum absolute atomic E-state index is 0.0320. The van der Waals surface area contributed by atoms with Crippen molar-refractivity contribution in [3.63, 3.8) is 0 Å². The van der Waals surface area contributed by atoms with Crippen molar-refractivity contribution in [3.05, 3.63) is 0 Å². The van der Waals surface area contributed by atoms with Crippen molar-refractivity contribution in [3.8, 4) is 0 Å². The van der Waals surface area contributed by atoms with E-state index in [1.165, 1.54) is 0 Å². The van der Waals surface area contributed by atoms with E-state index >= 15 is 0 Å². The van der Waals surface area contributed by atoms with Crippen LogP contribution in [-0.4, -0.2) is 42.6 Å². The molecule has 4 nitrogen and oxygen atoms in total. The molecule has 0 rings (SSSR count). The molecule has 0 saturated heterocycles. The van der Waals surface area contributed by atoms with Gasteiger partial charge in [0.2, 0.25) is 5.91 Å². The van der Waals surface area contributed by atoms with E-state index in [1.807, 2.05) is 27.7 Å². The highest BCUT2D eigenvalue weighted by Gasteiger charge is 2.34. The first kappa shape index (κ1) is 15.4. The summed E-state index contributed by atoms with van der Waals surface area (Å²) in [5.41, 5.74) is 5.39. The maximum atomic E-state index is 12.3. The van der Waals surface area contributed by atoms with Crippen LogP contribution in [0.2, 0.25) is 0 Å². The fraction of sp³-hybridized carbons (Fsp3) is 0.917. The van der Waals surface area contributed by atoms with Crippen molar-refractivity contribution < 1.29 is 9.53 Å². The van der Waals surface area contributed by atoms with Crippen molar-refractivity contribution >= 4 is 5.91 Å². The van der Waals surface area contributed by atoms with E-state index in [1.54, 1.807) is 12.0 Å². The van der Waals surface area contributed by atoms with Gasteiger partial charge in [0, 0.05) is 19.7 Å². The van der Waals surface area contributed by atoms with Gasteiger partial charge in [-0.05, 0) is 26.7 Å². The van der Waals surface area contributed by atoms with Gasteiger partial charge in [0.1, 0.15) is 0 Å². The van der Waals surface area contributed by atoms with E-state index in [0.29, 0.717) is 26.0 Å². The third-order valence-electron chi connectivity index (χ3n) is 3.11. The van der Waals surface area contributed by atoms with E-state index in [9.17, 15) is 4.79 Å². The Balaban J connectivity index is 4.72. The summed E-state index contributed by atoms with van der Waals surface area (Å²) in [6.45, 7) is 9.06. The summed E-state index contributed by atoms with van der Waals surface area (Å²) in [6.07, 6.45) is 1.33. The van der Waals surface area contributed by atoms with Gasteiger partial charge in [0.05, 0.1) is 12.1 Å². The van der Waals surface area contributed by atoms with Crippen molar-refractivity contribution in [1.29, 1.82) is 0 Å². The number of methoxy groups -OCH3 is 1. The number of carbonyl (C=O) groups excluding carboxylic acids is 1. The molecule has 0 aliphatic carbocycles. The molecule has 0 bridgehead atoms. The van der Waals surface area contributed by atoms with Gasteiger partial charge in [0.15, 0.2) is 0 Å². The second-order valence-electron chi connectivity index (χ2n) is 4.45. The highest BCUT2D eigenvalue weighted by Crippen LogP contribution is 2.16. The second-order valence-corrected chi connectivity index (χ2v) is 4.45. The summed E-state index contributed by atoms with van der Waals surface area (Å²) in [4.78, 5) is 14.1. The molecule has 0 aliphatic heterocycles. The zero-order valence-electron chi connectivity index (χ0n) is 11.2. The molecule has 0 saturated carbocycles. The number of nitrogens with two attached hydrogens (primary N) is 1. The first-order valence-electron chi connectivity index (χ1n) is 6.01. The summed E-state index contributed by atoms with van der Waals surface area (Å²) in [5.74, 6) is 0.0320. The maximum absolute atomic E-state index is 12.3. The zero-order valence-corrected chi connectivity index (χ0v) is 11.2.